The molecule has 0 fully saturated rings. The maximum Gasteiger partial charge on any atom is 0.339 e. The maximum atomic E-state index is 11.7. The van der Waals surface area contributed by atoms with Crippen LogP contribution in [0.25, 0.3) is 0 Å². The van der Waals surface area contributed by atoms with Gasteiger partial charge in [0.05, 0.1) is 6.42 Å². The van der Waals surface area contributed by atoms with Gasteiger partial charge in [-0.25, -0.2) is 4.79 Å². The lowest BCUT2D eigenvalue weighted by Gasteiger charge is -2.22. The van der Waals surface area contributed by atoms with Gasteiger partial charge in [-0.3, -0.25) is 4.79 Å². The van der Waals surface area contributed by atoms with E-state index in [0.29, 0.717) is 0 Å². The second-order valence-corrected chi connectivity index (χ2v) is 4.02. The van der Waals surface area contributed by atoms with Gasteiger partial charge in [0.25, 0.3) is 0 Å². The topological polar surface area (TPSA) is 83.8 Å². The van der Waals surface area contributed by atoms with Gasteiger partial charge in [0.15, 0.2) is 5.60 Å². The standard InChI is InChI=1S/C13H16O5/c1-2-13(17,8-11(14)15)12(16)18-9-10-6-4-3-5-7-10/h3-7,17H,2,8-9H2,1H3,(H,14,15). The largest absolute Gasteiger partial charge is 0.481 e. The molecule has 0 aliphatic heterocycles. The first-order valence-corrected chi connectivity index (χ1v) is 5.63. The summed E-state index contributed by atoms with van der Waals surface area (Å²) in [5.74, 6) is -2.15. The van der Waals surface area contributed by atoms with Gasteiger partial charge >= 0.3 is 11.9 Å². The Bertz CT molecular complexity index is 415. The Labute approximate surface area is 105 Å². The van der Waals surface area contributed by atoms with Crippen molar-refractivity contribution in [2.45, 2.75) is 32.0 Å². The second kappa shape index (κ2) is 6.16. The van der Waals surface area contributed by atoms with Crippen molar-refractivity contribution < 1.29 is 24.5 Å². The predicted octanol–water partition coefficient (Wildman–Crippen LogP) is 1.35. The third-order valence-corrected chi connectivity index (χ3v) is 2.62. The number of carbonyl (C=O) groups excluding carboxylic acids is 1. The van der Waals surface area contributed by atoms with Crippen LogP contribution in [0.2, 0.25) is 0 Å². The summed E-state index contributed by atoms with van der Waals surface area (Å²) >= 11 is 0. The van der Waals surface area contributed by atoms with Gasteiger partial charge in [0.1, 0.15) is 6.61 Å². The lowest BCUT2D eigenvalue weighted by molar-refractivity contribution is -0.172. The van der Waals surface area contributed by atoms with Crippen molar-refractivity contribution in [1.29, 1.82) is 0 Å². The molecule has 5 heteroatoms. The van der Waals surface area contributed by atoms with E-state index in [1.807, 2.05) is 6.07 Å². The molecule has 0 saturated heterocycles. The third kappa shape index (κ3) is 3.85. The van der Waals surface area contributed by atoms with E-state index < -0.39 is 24.0 Å². The molecule has 1 aromatic carbocycles. The zero-order valence-electron chi connectivity index (χ0n) is 10.1. The smallest absolute Gasteiger partial charge is 0.339 e. The number of carboxylic acids is 1. The summed E-state index contributed by atoms with van der Waals surface area (Å²) in [6.07, 6.45) is -0.663. The van der Waals surface area contributed by atoms with Gasteiger partial charge in [-0.15, -0.1) is 0 Å². The van der Waals surface area contributed by atoms with Gasteiger partial charge in [-0.2, -0.15) is 0 Å². The molecule has 18 heavy (non-hydrogen) atoms. The van der Waals surface area contributed by atoms with E-state index in [-0.39, 0.29) is 13.0 Å². The highest BCUT2D eigenvalue weighted by atomic mass is 16.5. The highest BCUT2D eigenvalue weighted by Crippen LogP contribution is 2.18. The van der Waals surface area contributed by atoms with Crippen LogP contribution in [0.3, 0.4) is 0 Å². The zero-order chi connectivity index (χ0) is 13.6. The Morgan fingerprint density at radius 2 is 1.89 bits per heavy atom. The van der Waals surface area contributed by atoms with Crippen LogP contribution in [0, 0.1) is 0 Å². The molecule has 0 spiro atoms. The van der Waals surface area contributed by atoms with E-state index in [2.05, 4.69) is 0 Å². The maximum absolute atomic E-state index is 11.7. The highest BCUT2D eigenvalue weighted by Gasteiger charge is 2.38. The number of aliphatic hydroxyl groups is 1. The fourth-order valence-electron chi connectivity index (χ4n) is 1.45. The van der Waals surface area contributed by atoms with E-state index >= 15 is 0 Å². The van der Waals surface area contributed by atoms with E-state index in [9.17, 15) is 14.7 Å². The van der Waals surface area contributed by atoms with E-state index in [0.717, 1.165) is 5.56 Å². The van der Waals surface area contributed by atoms with Crippen LogP contribution < -0.4 is 0 Å². The number of hydrogen-bond acceptors (Lipinski definition) is 4. The molecule has 0 amide bonds. The average Bonchev–Trinajstić information content (AvgIpc) is 2.36. The molecule has 1 unspecified atom stereocenters. The first-order valence-electron chi connectivity index (χ1n) is 5.63. The fourth-order valence-corrected chi connectivity index (χ4v) is 1.45. The molecule has 0 aromatic heterocycles. The summed E-state index contributed by atoms with van der Waals surface area (Å²) in [5, 5.41) is 18.5. The normalized spacial score (nSPS) is 13.7. The number of benzene rings is 1. The Hall–Kier alpha value is -1.88. The quantitative estimate of drug-likeness (QED) is 0.746. The summed E-state index contributed by atoms with van der Waals surface area (Å²) in [5.41, 5.74) is -1.18. The number of rotatable bonds is 6. The Morgan fingerprint density at radius 1 is 1.28 bits per heavy atom. The number of esters is 1. The zero-order valence-corrected chi connectivity index (χ0v) is 10.1. The molecule has 1 aromatic rings. The van der Waals surface area contributed by atoms with Crippen LogP contribution in [0.4, 0.5) is 0 Å². The Morgan fingerprint density at radius 3 is 2.39 bits per heavy atom. The average molecular weight is 252 g/mol. The molecule has 0 aliphatic rings. The van der Waals surface area contributed by atoms with E-state index in [4.69, 9.17) is 9.84 Å². The van der Waals surface area contributed by atoms with Gasteiger partial charge in [-0.05, 0) is 12.0 Å². The minimum absolute atomic E-state index is 0.00702. The molecule has 0 radical (unpaired) electrons. The van der Waals surface area contributed by atoms with Crippen molar-refractivity contribution >= 4 is 11.9 Å². The lowest BCUT2D eigenvalue weighted by Crippen LogP contribution is -2.41. The first kappa shape index (κ1) is 14.2. The number of carbonyl (C=O) groups is 2. The minimum atomic E-state index is -1.96. The Balaban J connectivity index is 2.60. The van der Waals surface area contributed by atoms with E-state index in [1.165, 1.54) is 6.92 Å². The molecule has 98 valence electrons. The Kier molecular flexibility index (Phi) is 4.85. The molecule has 1 rings (SSSR count). The summed E-state index contributed by atoms with van der Waals surface area (Å²) in [4.78, 5) is 22.3. The summed E-state index contributed by atoms with van der Waals surface area (Å²) in [6.45, 7) is 1.55. The van der Waals surface area contributed by atoms with Gasteiger partial charge in [0, 0.05) is 0 Å². The van der Waals surface area contributed by atoms with Crippen LogP contribution >= 0.6 is 0 Å². The molecule has 0 aliphatic carbocycles. The van der Waals surface area contributed by atoms with Gasteiger partial charge in [-0.1, -0.05) is 37.3 Å². The fraction of sp³-hybridized carbons (Fsp3) is 0.385. The molecule has 2 N–H and O–H groups in total. The van der Waals surface area contributed by atoms with Crippen molar-refractivity contribution in [1.82, 2.24) is 0 Å². The van der Waals surface area contributed by atoms with Crippen molar-refractivity contribution in [2.75, 3.05) is 0 Å². The summed E-state index contributed by atoms with van der Waals surface area (Å²) < 4.78 is 4.93. The highest BCUT2D eigenvalue weighted by molar-refractivity contribution is 5.84. The molecular weight excluding hydrogens is 236 g/mol. The third-order valence-electron chi connectivity index (χ3n) is 2.62. The molecule has 5 nitrogen and oxygen atoms in total. The molecular formula is C13H16O5. The van der Waals surface area contributed by atoms with Crippen molar-refractivity contribution in [2.24, 2.45) is 0 Å². The lowest BCUT2D eigenvalue weighted by atomic mass is 9.97. The predicted molar refractivity (Wildman–Crippen MR) is 63.7 cm³/mol. The van der Waals surface area contributed by atoms with Crippen molar-refractivity contribution in [3.8, 4) is 0 Å². The van der Waals surface area contributed by atoms with E-state index in [1.54, 1.807) is 24.3 Å². The molecule has 1 atom stereocenters. The molecule has 0 bridgehead atoms. The molecule has 0 saturated carbocycles. The second-order valence-electron chi connectivity index (χ2n) is 4.02. The van der Waals surface area contributed by atoms with Gasteiger partial charge < -0.3 is 14.9 Å². The minimum Gasteiger partial charge on any atom is -0.481 e. The number of ether oxygens (including phenoxy) is 1. The molecule has 0 heterocycles. The van der Waals surface area contributed by atoms with Crippen LogP contribution in [0.5, 0.6) is 0 Å². The van der Waals surface area contributed by atoms with Crippen LogP contribution in [-0.4, -0.2) is 27.8 Å². The SMILES string of the molecule is CCC(O)(CC(=O)O)C(=O)OCc1ccccc1. The van der Waals surface area contributed by atoms with Gasteiger partial charge in [0.2, 0.25) is 0 Å². The van der Waals surface area contributed by atoms with Crippen molar-refractivity contribution in [3.05, 3.63) is 35.9 Å². The number of carboxylic acid groups (broad SMARTS) is 1. The van der Waals surface area contributed by atoms with Crippen LogP contribution in [0.1, 0.15) is 25.3 Å². The van der Waals surface area contributed by atoms with Crippen molar-refractivity contribution in [3.63, 3.8) is 0 Å². The number of hydrogen-bond donors (Lipinski definition) is 2. The first-order chi connectivity index (χ1) is 8.48. The number of aliphatic carboxylic acids is 1. The summed E-state index contributed by atoms with van der Waals surface area (Å²) in [7, 11) is 0. The van der Waals surface area contributed by atoms with Crippen LogP contribution in [0.15, 0.2) is 30.3 Å². The van der Waals surface area contributed by atoms with Crippen LogP contribution in [-0.2, 0) is 20.9 Å². The monoisotopic (exact) mass is 252 g/mol. The summed E-state index contributed by atoms with van der Waals surface area (Å²) in [6, 6.07) is 8.97.